The number of aromatic nitrogens is 2. The lowest BCUT2D eigenvalue weighted by atomic mass is 9.84. The summed E-state index contributed by atoms with van der Waals surface area (Å²) in [5, 5.41) is 7.16. The van der Waals surface area contributed by atoms with Crippen molar-refractivity contribution in [3.05, 3.63) is 17.5 Å². The number of hydrogen-bond donors (Lipinski definition) is 1. The van der Waals surface area contributed by atoms with Crippen LogP contribution in [0.4, 0.5) is 0 Å². The third kappa shape index (κ3) is 2.37. The number of fused-ring (bicyclic) bond motifs is 1. The van der Waals surface area contributed by atoms with Crippen molar-refractivity contribution in [2.45, 2.75) is 44.1 Å². The fourth-order valence-electron chi connectivity index (χ4n) is 4.16. The molecule has 0 aromatic carbocycles. The number of H-pyrrole nitrogens is 1. The van der Waals surface area contributed by atoms with Crippen molar-refractivity contribution in [3.63, 3.8) is 0 Å². The summed E-state index contributed by atoms with van der Waals surface area (Å²) in [7, 11) is 2.23. The highest BCUT2D eigenvalue weighted by Gasteiger charge is 2.37. The first-order valence-corrected chi connectivity index (χ1v) is 8.27. The minimum Gasteiger partial charge on any atom is -0.338 e. The Hall–Kier alpha value is -1.36. The molecule has 114 valence electrons. The van der Waals surface area contributed by atoms with Crippen molar-refractivity contribution in [3.8, 4) is 0 Å². The van der Waals surface area contributed by atoms with E-state index in [1.165, 1.54) is 32.2 Å². The van der Waals surface area contributed by atoms with Gasteiger partial charge in [-0.05, 0) is 51.6 Å². The van der Waals surface area contributed by atoms with Crippen molar-refractivity contribution in [2.75, 3.05) is 26.7 Å². The first-order valence-electron chi connectivity index (χ1n) is 8.27. The number of amides is 1. The van der Waals surface area contributed by atoms with Gasteiger partial charge in [-0.1, -0.05) is 0 Å². The Bertz CT molecular complexity index is 536. The summed E-state index contributed by atoms with van der Waals surface area (Å²) in [5.41, 5.74) is 1.89. The average Bonchev–Trinajstić information content (AvgIpc) is 3.23. The number of hydrogen-bond acceptors (Lipinski definition) is 3. The number of nitrogens with zero attached hydrogens (tertiary/aromatic N) is 3. The van der Waals surface area contributed by atoms with Crippen LogP contribution < -0.4 is 0 Å². The molecule has 1 amide bonds. The Morgan fingerprint density at radius 1 is 1.29 bits per heavy atom. The quantitative estimate of drug-likeness (QED) is 0.903. The van der Waals surface area contributed by atoms with Gasteiger partial charge in [0.05, 0.1) is 17.5 Å². The summed E-state index contributed by atoms with van der Waals surface area (Å²) in [6.07, 6.45) is 7.76. The monoisotopic (exact) mass is 288 g/mol. The van der Waals surface area contributed by atoms with E-state index in [4.69, 9.17) is 0 Å². The average molecular weight is 288 g/mol. The van der Waals surface area contributed by atoms with E-state index in [0.29, 0.717) is 17.9 Å². The fourth-order valence-corrected chi connectivity index (χ4v) is 4.16. The molecule has 1 aromatic rings. The zero-order valence-electron chi connectivity index (χ0n) is 12.7. The van der Waals surface area contributed by atoms with Gasteiger partial charge in [0.2, 0.25) is 0 Å². The second kappa shape index (κ2) is 5.13. The summed E-state index contributed by atoms with van der Waals surface area (Å²) in [6, 6.07) is 0.676. The maximum Gasteiger partial charge on any atom is 0.257 e. The Morgan fingerprint density at radius 2 is 2.14 bits per heavy atom. The first kappa shape index (κ1) is 13.3. The van der Waals surface area contributed by atoms with Gasteiger partial charge in [0.25, 0.3) is 5.91 Å². The lowest BCUT2D eigenvalue weighted by Crippen LogP contribution is -2.53. The second-order valence-corrected chi connectivity index (χ2v) is 6.96. The number of nitrogens with one attached hydrogen (secondary N) is 1. The van der Waals surface area contributed by atoms with Crippen LogP contribution in [0, 0.1) is 5.92 Å². The van der Waals surface area contributed by atoms with Crippen LogP contribution in [0.15, 0.2) is 6.20 Å². The van der Waals surface area contributed by atoms with E-state index < -0.39 is 0 Å². The molecule has 1 aromatic heterocycles. The number of likely N-dealkylation sites (tertiary alicyclic amines) is 2. The lowest BCUT2D eigenvalue weighted by molar-refractivity contribution is 0.0316. The maximum absolute atomic E-state index is 12.8. The van der Waals surface area contributed by atoms with E-state index in [0.717, 1.165) is 30.8 Å². The van der Waals surface area contributed by atoms with Crippen molar-refractivity contribution >= 4 is 5.91 Å². The number of rotatable bonds is 2. The molecule has 1 saturated carbocycles. The van der Waals surface area contributed by atoms with Crippen LogP contribution in [0.2, 0.25) is 0 Å². The summed E-state index contributed by atoms with van der Waals surface area (Å²) >= 11 is 0. The molecular weight excluding hydrogens is 264 g/mol. The van der Waals surface area contributed by atoms with Crippen molar-refractivity contribution in [1.29, 1.82) is 0 Å². The topological polar surface area (TPSA) is 52.2 Å². The van der Waals surface area contributed by atoms with Crippen LogP contribution in [0.3, 0.4) is 0 Å². The molecule has 2 saturated heterocycles. The summed E-state index contributed by atoms with van der Waals surface area (Å²) in [6.45, 7) is 3.02. The van der Waals surface area contributed by atoms with Gasteiger partial charge < -0.3 is 9.80 Å². The predicted molar refractivity (Wildman–Crippen MR) is 80.2 cm³/mol. The highest BCUT2D eigenvalue weighted by atomic mass is 16.2. The minimum atomic E-state index is 0.192. The van der Waals surface area contributed by atoms with E-state index in [2.05, 4.69) is 27.0 Å². The number of carbonyl (C=O) groups excluding carboxylic acids is 1. The number of aromatic amines is 1. The predicted octanol–water partition coefficient (Wildman–Crippen LogP) is 1.84. The Labute approximate surface area is 125 Å². The van der Waals surface area contributed by atoms with Gasteiger partial charge in [0, 0.05) is 25.0 Å². The summed E-state index contributed by atoms with van der Waals surface area (Å²) < 4.78 is 0. The number of piperidine rings is 2. The molecule has 1 aliphatic carbocycles. The highest BCUT2D eigenvalue weighted by Crippen LogP contribution is 2.41. The van der Waals surface area contributed by atoms with Crippen LogP contribution in [-0.2, 0) is 0 Å². The van der Waals surface area contributed by atoms with E-state index in [-0.39, 0.29) is 5.91 Å². The van der Waals surface area contributed by atoms with Gasteiger partial charge in [-0.3, -0.25) is 9.89 Å². The minimum absolute atomic E-state index is 0.192. The van der Waals surface area contributed by atoms with Crippen molar-refractivity contribution in [2.24, 2.45) is 5.92 Å². The fraction of sp³-hybridized carbons (Fsp3) is 0.750. The van der Waals surface area contributed by atoms with Gasteiger partial charge in [0.15, 0.2) is 0 Å². The van der Waals surface area contributed by atoms with Crippen LogP contribution in [0.5, 0.6) is 0 Å². The van der Waals surface area contributed by atoms with Gasteiger partial charge in [-0.15, -0.1) is 0 Å². The van der Waals surface area contributed by atoms with Crippen molar-refractivity contribution in [1.82, 2.24) is 20.0 Å². The van der Waals surface area contributed by atoms with Crippen molar-refractivity contribution < 1.29 is 4.79 Å². The molecule has 3 fully saturated rings. The molecule has 5 heteroatoms. The van der Waals surface area contributed by atoms with Gasteiger partial charge in [0.1, 0.15) is 0 Å². The third-order valence-electron chi connectivity index (χ3n) is 5.52. The standard InChI is InChI=1S/C16H24N4O/c1-19-7-2-3-12-10-20(8-6-14(12)19)16(21)13-9-17-18-15(13)11-4-5-11/h9,11-12,14H,2-8,10H2,1H3,(H,17,18). The Morgan fingerprint density at radius 3 is 2.95 bits per heavy atom. The number of carbonyl (C=O) groups is 1. The summed E-state index contributed by atoms with van der Waals surface area (Å²) in [5.74, 6) is 1.39. The highest BCUT2D eigenvalue weighted by molar-refractivity contribution is 5.95. The van der Waals surface area contributed by atoms with E-state index >= 15 is 0 Å². The second-order valence-electron chi connectivity index (χ2n) is 6.96. The molecule has 0 spiro atoms. The van der Waals surface area contributed by atoms with Crippen LogP contribution in [0.25, 0.3) is 0 Å². The molecule has 4 rings (SSSR count). The Kier molecular flexibility index (Phi) is 3.25. The summed E-state index contributed by atoms with van der Waals surface area (Å²) in [4.78, 5) is 17.4. The molecule has 2 atom stereocenters. The molecule has 3 heterocycles. The zero-order chi connectivity index (χ0) is 14.4. The van der Waals surface area contributed by atoms with Crippen LogP contribution in [-0.4, -0.2) is 58.6 Å². The smallest absolute Gasteiger partial charge is 0.257 e. The molecule has 2 unspecified atom stereocenters. The molecule has 0 bridgehead atoms. The van der Waals surface area contributed by atoms with Crippen LogP contribution >= 0.6 is 0 Å². The SMILES string of the molecule is CN1CCCC2CN(C(=O)c3cn[nH]c3C3CC3)CCC21. The first-order chi connectivity index (χ1) is 10.2. The Balaban J connectivity index is 1.49. The van der Waals surface area contributed by atoms with E-state index in [1.807, 2.05) is 0 Å². The normalized spacial score (nSPS) is 30.2. The molecular formula is C16H24N4O. The van der Waals surface area contributed by atoms with Gasteiger partial charge in [-0.2, -0.15) is 5.10 Å². The molecule has 0 radical (unpaired) electrons. The third-order valence-corrected chi connectivity index (χ3v) is 5.52. The van der Waals surface area contributed by atoms with Gasteiger partial charge >= 0.3 is 0 Å². The van der Waals surface area contributed by atoms with Crippen LogP contribution in [0.1, 0.15) is 54.1 Å². The maximum atomic E-state index is 12.8. The zero-order valence-corrected chi connectivity index (χ0v) is 12.7. The molecule has 21 heavy (non-hydrogen) atoms. The largest absolute Gasteiger partial charge is 0.338 e. The van der Waals surface area contributed by atoms with E-state index in [1.54, 1.807) is 6.20 Å². The van der Waals surface area contributed by atoms with Gasteiger partial charge in [-0.25, -0.2) is 0 Å². The lowest BCUT2D eigenvalue weighted by Gasteiger charge is -2.45. The molecule has 5 nitrogen and oxygen atoms in total. The van der Waals surface area contributed by atoms with E-state index in [9.17, 15) is 4.79 Å². The molecule has 2 aliphatic heterocycles. The molecule has 3 aliphatic rings. The molecule has 1 N–H and O–H groups in total.